The van der Waals surface area contributed by atoms with Gasteiger partial charge < -0.3 is 5.11 Å². The van der Waals surface area contributed by atoms with Crippen molar-refractivity contribution in [3.8, 4) is 0 Å². The average Bonchev–Trinajstić information content (AvgIpc) is 2.33. The summed E-state index contributed by atoms with van der Waals surface area (Å²) in [6, 6.07) is 4.36. The van der Waals surface area contributed by atoms with Gasteiger partial charge in [-0.15, -0.1) is 5.73 Å². The van der Waals surface area contributed by atoms with Crippen LogP contribution in [0.5, 0.6) is 0 Å². The SMILES string of the molecule is CCCCC(=C=C(C)C)c1cccc(F)c1C(=O)O. The van der Waals surface area contributed by atoms with Crippen LogP contribution in [0.1, 0.15) is 56.0 Å². The van der Waals surface area contributed by atoms with E-state index in [1.165, 1.54) is 12.1 Å². The van der Waals surface area contributed by atoms with E-state index in [4.69, 9.17) is 5.11 Å². The number of aromatic carboxylic acids is 1. The second-order valence-corrected chi connectivity index (χ2v) is 4.67. The van der Waals surface area contributed by atoms with Crippen molar-refractivity contribution in [3.63, 3.8) is 0 Å². The van der Waals surface area contributed by atoms with Gasteiger partial charge in [-0.25, -0.2) is 9.18 Å². The largest absolute Gasteiger partial charge is 0.478 e. The topological polar surface area (TPSA) is 37.3 Å². The maximum atomic E-state index is 13.7. The van der Waals surface area contributed by atoms with E-state index >= 15 is 0 Å². The van der Waals surface area contributed by atoms with Crippen molar-refractivity contribution in [2.45, 2.75) is 40.0 Å². The predicted molar refractivity (Wildman–Crippen MR) is 74.7 cm³/mol. The van der Waals surface area contributed by atoms with Crippen LogP contribution in [0.4, 0.5) is 4.39 Å². The number of rotatable bonds is 5. The number of unbranched alkanes of at least 4 members (excludes halogenated alkanes) is 1. The number of carboxylic acids is 1. The van der Waals surface area contributed by atoms with Gasteiger partial charge in [-0.3, -0.25) is 0 Å². The van der Waals surface area contributed by atoms with Gasteiger partial charge in [0.25, 0.3) is 0 Å². The van der Waals surface area contributed by atoms with Crippen molar-refractivity contribution in [2.24, 2.45) is 0 Å². The molecular formula is C16H19FO2. The smallest absolute Gasteiger partial charge is 0.339 e. The molecule has 0 aliphatic heterocycles. The summed E-state index contributed by atoms with van der Waals surface area (Å²) in [5.74, 6) is -1.94. The Morgan fingerprint density at radius 2 is 2.05 bits per heavy atom. The zero-order chi connectivity index (χ0) is 14.4. The molecule has 0 aromatic heterocycles. The molecule has 0 saturated carbocycles. The van der Waals surface area contributed by atoms with Gasteiger partial charge in [0.2, 0.25) is 0 Å². The number of hydrogen-bond acceptors (Lipinski definition) is 1. The van der Waals surface area contributed by atoms with E-state index in [2.05, 4.69) is 12.7 Å². The lowest BCUT2D eigenvalue weighted by Crippen LogP contribution is -2.05. The molecule has 0 aliphatic rings. The summed E-state index contributed by atoms with van der Waals surface area (Å²) in [5, 5.41) is 9.17. The van der Waals surface area contributed by atoms with Crippen LogP contribution < -0.4 is 0 Å². The number of allylic oxidation sites excluding steroid dienone is 1. The summed E-state index contributed by atoms with van der Waals surface area (Å²) in [5.41, 5.74) is 5.04. The number of halogens is 1. The zero-order valence-corrected chi connectivity index (χ0v) is 11.6. The predicted octanol–water partition coefficient (Wildman–Crippen LogP) is 4.66. The van der Waals surface area contributed by atoms with E-state index in [1.54, 1.807) is 6.07 Å². The van der Waals surface area contributed by atoms with Crippen molar-refractivity contribution >= 4 is 11.5 Å². The Morgan fingerprint density at radius 1 is 1.37 bits per heavy atom. The second kappa shape index (κ2) is 6.91. The molecule has 0 aliphatic carbocycles. The van der Waals surface area contributed by atoms with Crippen LogP contribution in [0.3, 0.4) is 0 Å². The lowest BCUT2D eigenvalue weighted by molar-refractivity contribution is 0.0691. The van der Waals surface area contributed by atoms with Gasteiger partial charge in [0.15, 0.2) is 0 Å². The van der Waals surface area contributed by atoms with Crippen LogP contribution in [0.2, 0.25) is 0 Å². The number of benzene rings is 1. The monoisotopic (exact) mass is 262 g/mol. The fourth-order valence-corrected chi connectivity index (χ4v) is 1.91. The molecule has 0 bridgehead atoms. The Labute approximate surface area is 113 Å². The molecule has 1 rings (SSSR count). The molecule has 0 spiro atoms. The summed E-state index contributed by atoms with van der Waals surface area (Å²) in [7, 11) is 0. The van der Waals surface area contributed by atoms with Crippen molar-refractivity contribution in [1.29, 1.82) is 0 Å². The van der Waals surface area contributed by atoms with Gasteiger partial charge in [-0.05, 0) is 38.3 Å². The number of carbonyl (C=O) groups is 1. The van der Waals surface area contributed by atoms with E-state index < -0.39 is 11.8 Å². The summed E-state index contributed by atoms with van der Waals surface area (Å²) in [6.45, 7) is 5.85. The Kier molecular flexibility index (Phi) is 5.53. The number of hydrogen-bond donors (Lipinski definition) is 1. The van der Waals surface area contributed by atoms with Crippen molar-refractivity contribution in [2.75, 3.05) is 0 Å². The molecule has 2 nitrogen and oxygen atoms in total. The first-order chi connectivity index (χ1) is 8.97. The molecule has 0 unspecified atom stereocenters. The minimum Gasteiger partial charge on any atom is -0.478 e. The summed E-state index contributed by atoms with van der Waals surface area (Å²) < 4.78 is 13.7. The van der Waals surface area contributed by atoms with Gasteiger partial charge in [0, 0.05) is 11.1 Å². The van der Waals surface area contributed by atoms with Crippen LogP contribution >= 0.6 is 0 Å². The molecule has 0 heterocycles. The molecule has 0 fully saturated rings. The Balaban J connectivity index is 3.43. The molecule has 1 N–H and O–H groups in total. The molecule has 3 heteroatoms. The summed E-state index contributed by atoms with van der Waals surface area (Å²) >= 11 is 0. The maximum Gasteiger partial charge on any atom is 0.339 e. The Bertz CT molecular complexity index is 534. The van der Waals surface area contributed by atoms with Crippen LogP contribution in [0, 0.1) is 5.82 Å². The molecule has 1 aromatic carbocycles. The lowest BCUT2D eigenvalue weighted by atomic mass is 9.95. The maximum absolute atomic E-state index is 13.7. The first kappa shape index (κ1) is 15.2. The van der Waals surface area contributed by atoms with Crippen LogP contribution in [0.15, 0.2) is 29.5 Å². The highest BCUT2D eigenvalue weighted by atomic mass is 19.1. The summed E-state index contributed by atoms with van der Waals surface area (Å²) in [4.78, 5) is 11.2. The third kappa shape index (κ3) is 4.08. The van der Waals surface area contributed by atoms with E-state index in [-0.39, 0.29) is 5.56 Å². The zero-order valence-electron chi connectivity index (χ0n) is 11.6. The van der Waals surface area contributed by atoms with Crippen molar-refractivity contribution in [3.05, 3.63) is 46.4 Å². The Hall–Kier alpha value is -1.86. The van der Waals surface area contributed by atoms with Gasteiger partial charge >= 0.3 is 5.97 Å². The van der Waals surface area contributed by atoms with Gasteiger partial charge in [0.1, 0.15) is 11.4 Å². The fourth-order valence-electron chi connectivity index (χ4n) is 1.91. The average molecular weight is 262 g/mol. The van der Waals surface area contributed by atoms with E-state index in [0.717, 1.165) is 24.0 Å². The van der Waals surface area contributed by atoms with Crippen molar-refractivity contribution in [1.82, 2.24) is 0 Å². The second-order valence-electron chi connectivity index (χ2n) is 4.67. The minimum absolute atomic E-state index is 0.262. The highest BCUT2D eigenvalue weighted by Gasteiger charge is 2.17. The quantitative estimate of drug-likeness (QED) is 0.783. The first-order valence-electron chi connectivity index (χ1n) is 6.42. The molecule has 0 radical (unpaired) electrons. The molecule has 0 amide bonds. The molecular weight excluding hydrogens is 243 g/mol. The number of carboxylic acid groups (broad SMARTS) is 1. The minimum atomic E-state index is -1.24. The molecule has 102 valence electrons. The van der Waals surface area contributed by atoms with E-state index in [0.29, 0.717) is 12.0 Å². The highest BCUT2D eigenvalue weighted by Crippen LogP contribution is 2.26. The molecule has 0 atom stereocenters. The van der Waals surface area contributed by atoms with Gasteiger partial charge in [-0.2, -0.15) is 0 Å². The van der Waals surface area contributed by atoms with Crippen LogP contribution in [-0.2, 0) is 0 Å². The van der Waals surface area contributed by atoms with E-state index in [9.17, 15) is 9.18 Å². The van der Waals surface area contributed by atoms with Crippen molar-refractivity contribution < 1.29 is 14.3 Å². The molecule has 1 aromatic rings. The summed E-state index contributed by atoms with van der Waals surface area (Å²) in [6.07, 6.45) is 2.61. The van der Waals surface area contributed by atoms with E-state index in [1.807, 2.05) is 13.8 Å². The lowest BCUT2D eigenvalue weighted by Gasteiger charge is -2.09. The first-order valence-corrected chi connectivity index (χ1v) is 6.42. The molecule has 19 heavy (non-hydrogen) atoms. The molecule has 0 saturated heterocycles. The van der Waals surface area contributed by atoms with Gasteiger partial charge in [-0.1, -0.05) is 25.5 Å². The van der Waals surface area contributed by atoms with Gasteiger partial charge in [0.05, 0.1) is 0 Å². The third-order valence-corrected chi connectivity index (χ3v) is 2.73. The fraction of sp³-hybridized carbons (Fsp3) is 0.375. The van der Waals surface area contributed by atoms with Crippen LogP contribution in [-0.4, -0.2) is 11.1 Å². The van der Waals surface area contributed by atoms with Crippen LogP contribution in [0.25, 0.3) is 5.57 Å². The standard InChI is InChI=1S/C16H19FO2/c1-4-5-7-12(10-11(2)3)13-8-6-9-14(17)15(13)16(18)19/h6,8-9H,4-5,7H2,1-3H3,(H,18,19). The third-order valence-electron chi connectivity index (χ3n) is 2.73. The Morgan fingerprint density at radius 3 is 2.58 bits per heavy atom. The highest BCUT2D eigenvalue weighted by molar-refractivity contribution is 5.94. The normalized spacial score (nSPS) is 9.89.